The van der Waals surface area contributed by atoms with E-state index >= 15 is 0 Å². The molecule has 1 spiro atoms. The van der Waals surface area contributed by atoms with Crippen molar-refractivity contribution in [2.45, 2.75) is 32.2 Å². The lowest BCUT2D eigenvalue weighted by molar-refractivity contribution is -0.128. The van der Waals surface area contributed by atoms with Gasteiger partial charge in [0.05, 0.1) is 5.41 Å². The van der Waals surface area contributed by atoms with E-state index in [0.717, 1.165) is 19.3 Å². The van der Waals surface area contributed by atoms with Crippen LogP contribution in [0.15, 0.2) is 16.7 Å². The lowest BCUT2D eigenvalue weighted by atomic mass is 9.76. The van der Waals surface area contributed by atoms with E-state index in [2.05, 4.69) is 26.2 Å². The van der Waals surface area contributed by atoms with Crippen LogP contribution in [0, 0.1) is 5.41 Å². The number of anilines is 1. The molecule has 3 rings (SSSR count). The normalized spacial score (nSPS) is 23.6. The topological polar surface area (TPSA) is 82.5 Å². The van der Waals surface area contributed by atoms with Gasteiger partial charge in [0.25, 0.3) is 0 Å². The van der Waals surface area contributed by atoms with Crippen LogP contribution in [0.1, 0.15) is 36.5 Å². The highest BCUT2D eigenvalue weighted by Gasteiger charge is 2.47. The van der Waals surface area contributed by atoms with Crippen molar-refractivity contribution < 1.29 is 14.7 Å². The summed E-state index contributed by atoms with van der Waals surface area (Å²) in [5.74, 6) is -0.366. The number of nitrogens with one attached hydrogen (secondary N) is 1. The fourth-order valence-electron chi connectivity index (χ4n) is 3.53. The molecule has 2 fully saturated rings. The van der Waals surface area contributed by atoms with Crippen LogP contribution in [-0.4, -0.2) is 41.1 Å². The highest BCUT2D eigenvalue weighted by molar-refractivity contribution is 9.10. The lowest BCUT2D eigenvalue weighted by Crippen LogP contribution is -2.44. The number of carboxylic acids is 1. The Balaban J connectivity index is 1.80. The van der Waals surface area contributed by atoms with Crippen molar-refractivity contribution in [1.82, 2.24) is 10.3 Å². The van der Waals surface area contributed by atoms with Gasteiger partial charge in [-0.1, -0.05) is 0 Å². The van der Waals surface area contributed by atoms with Gasteiger partial charge in [0, 0.05) is 29.8 Å². The number of hydrogen-bond acceptors (Lipinski definition) is 4. The highest BCUT2D eigenvalue weighted by atomic mass is 79.9. The van der Waals surface area contributed by atoms with Gasteiger partial charge in [-0.15, -0.1) is 0 Å². The Bertz CT molecular complexity index is 626. The predicted molar refractivity (Wildman–Crippen MR) is 85.0 cm³/mol. The molecule has 1 atom stereocenters. The maximum atomic E-state index is 12.2. The molecule has 118 valence electrons. The lowest BCUT2D eigenvalue weighted by Gasteiger charge is -2.38. The number of rotatable bonds is 2. The summed E-state index contributed by atoms with van der Waals surface area (Å²) in [6.07, 6.45) is 3.94. The van der Waals surface area contributed by atoms with Gasteiger partial charge in [-0.2, -0.15) is 0 Å². The zero-order valence-electron chi connectivity index (χ0n) is 12.3. The molecule has 7 heteroatoms. The number of halogens is 1. The van der Waals surface area contributed by atoms with Gasteiger partial charge >= 0.3 is 5.97 Å². The van der Waals surface area contributed by atoms with Gasteiger partial charge in [-0.3, -0.25) is 4.79 Å². The van der Waals surface area contributed by atoms with E-state index in [0.29, 0.717) is 23.4 Å². The molecule has 3 heterocycles. The number of nitrogens with zero attached hydrogens (tertiary/aromatic N) is 2. The summed E-state index contributed by atoms with van der Waals surface area (Å²) in [5, 5.41) is 12.3. The molecule has 1 aromatic heterocycles. The number of aromatic nitrogens is 1. The van der Waals surface area contributed by atoms with E-state index in [1.165, 1.54) is 0 Å². The Morgan fingerprint density at radius 3 is 2.73 bits per heavy atom. The molecule has 1 amide bonds. The van der Waals surface area contributed by atoms with Gasteiger partial charge in [0.15, 0.2) is 0 Å². The van der Waals surface area contributed by atoms with Crippen LogP contribution in [0.25, 0.3) is 0 Å². The zero-order chi connectivity index (χ0) is 15.9. The standard InChI is InChI=1S/C15H18BrN3O3/c1-9-7-15(14(22)18-9)2-4-19(5-3-15)12-11(13(20)21)6-10(16)8-17-12/h6,8-9H,2-5,7H2,1H3,(H,18,22)(H,20,21)/t9-/m0/s1. The number of carbonyl (C=O) groups excluding carboxylic acids is 1. The third kappa shape index (κ3) is 2.58. The Morgan fingerprint density at radius 2 is 2.18 bits per heavy atom. The summed E-state index contributed by atoms with van der Waals surface area (Å²) in [6.45, 7) is 3.32. The van der Waals surface area contributed by atoms with Gasteiger partial charge in [0.2, 0.25) is 5.91 Å². The van der Waals surface area contributed by atoms with E-state index in [1.807, 2.05) is 11.8 Å². The molecule has 0 radical (unpaired) electrons. The first kappa shape index (κ1) is 15.3. The van der Waals surface area contributed by atoms with E-state index in [9.17, 15) is 14.7 Å². The minimum absolute atomic E-state index is 0.141. The number of carbonyl (C=O) groups is 2. The first-order valence-electron chi connectivity index (χ1n) is 7.36. The number of pyridine rings is 1. The minimum atomic E-state index is -0.990. The average molecular weight is 368 g/mol. The molecule has 2 aliphatic rings. The van der Waals surface area contributed by atoms with Gasteiger partial charge < -0.3 is 15.3 Å². The van der Waals surface area contributed by atoms with Crippen molar-refractivity contribution in [3.05, 3.63) is 22.3 Å². The van der Waals surface area contributed by atoms with E-state index in [1.54, 1.807) is 12.3 Å². The fourth-order valence-corrected chi connectivity index (χ4v) is 3.86. The zero-order valence-corrected chi connectivity index (χ0v) is 13.9. The smallest absolute Gasteiger partial charge is 0.339 e. The number of piperidine rings is 1. The Kier molecular flexibility index (Phi) is 3.84. The maximum Gasteiger partial charge on any atom is 0.339 e. The third-order valence-electron chi connectivity index (χ3n) is 4.64. The summed E-state index contributed by atoms with van der Waals surface area (Å²) in [5.41, 5.74) is -0.0937. The first-order valence-corrected chi connectivity index (χ1v) is 8.15. The van der Waals surface area contributed by atoms with Crippen molar-refractivity contribution >= 4 is 33.6 Å². The molecular weight excluding hydrogens is 350 g/mol. The molecule has 2 aliphatic heterocycles. The second-order valence-electron chi connectivity index (χ2n) is 6.18. The first-order chi connectivity index (χ1) is 10.4. The quantitative estimate of drug-likeness (QED) is 0.835. The molecule has 0 aromatic carbocycles. The van der Waals surface area contributed by atoms with Crippen LogP contribution in [-0.2, 0) is 4.79 Å². The molecule has 0 unspecified atom stereocenters. The van der Waals surface area contributed by atoms with E-state index < -0.39 is 5.97 Å². The molecule has 6 nitrogen and oxygen atoms in total. The third-order valence-corrected chi connectivity index (χ3v) is 5.07. The molecular formula is C15H18BrN3O3. The monoisotopic (exact) mass is 367 g/mol. The molecule has 0 aliphatic carbocycles. The largest absolute Gasteiger partial charge is 0.478 e. The maximum absolute atomic E-state index is 12.2. The van der Waals surface area contributed by atoms with Crippen LogP contribution < -0.4 is 10.2 Å². The summed E-state index contributed by atoms with van der Waals surface area (Å²) in [4.78, 5) is 29.8. The number of hydrogen-bond donors (Lipinski definition) is 2. The summed E-state index contributed by atoms with van der Waals surface area (Å²) in [7, 11) is 0. The van der Waals surface area contributed by atoms with Crippen LogP contribution in [0.3, 0.4) is 0 Å². The molecule has 2 N–H and O–H groups in total. The molecule has 0 bridgehead atoms. The molecule has 0 saturated carbocycles. The molecule has 22 heavy (non-hydrogen) atoms. The second-order valence-corrected chi connectivity index (χ2v) is 7.09. The average Bonchev–Trinajstić information content (AvgIpc) is 2.74. The van der Waals surface area contributed by atoms with E-state index in [-0.39, 0.29) is 22.9 Å². The van der Waals surface area contributed by atoms with Crippen molar-refractivity contribution in [2.75, 3.05) is 18.0 Å². The predicted octanol–water partition coefficient (Wildman–Crippen LogP) is 2.04. The van der Waals surface area contributed by atoms with Crippen LogP contribution in [0.2, 0.25) is 0 Å². The highest BCUT2D eigenvalue weighted by Crippen LogP contribution is 2.41. The Labute approximate surface area is 137 Å². The van der Waals surface area contributed by atoms with Crippen molar-refractivity contribution in [2.24, 2.45) is 5.41 Å². The second kappa shape index (κ2) is 5.53. The van der Waals surface area contributed by atoms with E-state index in [4.69, 9.17) is 0 Å². The number of carboxylic acid groups (broad SMARTS) is 1. The summed E-state index contributed by atoms with van der Waals surface area (Å²) >= 11 is 3.25. The summed E-state index contributed by atoms with van der Waals surface area (Å²) < 4.78 is 0.645. The Hall–Kier alpha value is -1.63. The van der Waals surface area contributed by atoms with Crippen molar-refractivity contribution in [1.29, 1.82) is 0 Å². The number of amides is 1. The van der Waals surface area contributed by atoms with Crippen LogP contribution in [0.5, 0.6) is 0 Å². The SMILES string of the molecule is C[C@H]1CC2(CCN(c3ncc(Br)cc3C(=O)O)CC2)C(=O)N1. The van der Waals surface area contributed by atoms with Crippen molar-refractivity contribution in [3.8, 4) is 0 Å². The van der Waals surface area contributed by atoms with Crippen LogP contribution in [0.4, 0.5) is 5.82 Å². The molecule has 2 saturated heterocycles. The van der Waals surface area contributed by atoms with Crippen molar-refractivity contribution in [3.63, 3.8) is 0 Å². The van der Waals surface area contributed by atoms with Crippen LogP contribution >= 0.6 is 15.9 Å². The fraction of sp³-hybridized carbons (Fsp3) is 0.533. The van der Waals surface area contributed by atoms with Gasteiger partial charge in [-0.05, 0) is 48.2 Å². The number of aromatic carboxylic acids is 1. The van der Waals surface area contributed by atoms with Gasteiger partial charge in [0.1, 0.15) is 11.4 Å². The summed E-state index contributed by atoms with van der Waals surface area (Å²) in [6, 6.07) is 1.79. The minimum Gasteiger partial charge on any atom is -0.478 e. The van der Waals surface area contributed by atoms with Gasteiger partial charge in [-0.25, -0.2) is 9.78 Å². The molecule has 1 aromatic rings. The Morgan fingerprint density at radius 1 is 1.50 bits per heavy atom.